The highest BCUT2D eigenvalue weighted by molar-refractivity contribution is 7.99. The van der Waals surface area contributed by atoms with Crippen molar-refractivity contribution >= 4 is 23.1 Å². The number of aromatic nitrogens is 1. The van der Waals surface area contributed by atoms with E-state index in [4.69, 9.17) is 4.98 Å². The summed E-state index contributed by atoms with van der Waals surface area (Å²) in [5, 5.41) is 4.95. The molecule has 2 heterocycles. The summed E-state index contributed by atoms with van der Waals surface area (Å²) in [6, 6.07) is 0. The van der Waals surface area contributed by atoms with E-state index in [2.05, 4.69) is 24.1 Å². The summed E-state index contributed by atoms with van der Waals surface area (Å²) in [5.74, 6) is 2.54. The molecule has 1 fully saturated rings. The zero-order chi connectivity index (χ0) is 11.7. The van der Waals surface area contributed by atoms with Crippen LogP contribution in [0.4, 0.5) is 0 Å². The third kappa shape index (κ3) is 2.15. The van der Waals surface area contributed by atoms with Gasteiger partial charge in [-0.2, -0.15) is 11.8 Å². The van der Waals surface area contributed by atoms with Crippen LogP contribution in [0, 0.1) is 0 Å². The fraction of sp³-hybridized carbons (Fsp3) is 0.769. The van der Waals surface area contributed by atoms with Crippen molar-refractivity contribution in [3.8, 4) is 0 Å². The van der Waals surface area contributed by atoms with Crippen LogP contribution in [0.2, 0.25) is 0 Å². The predicted octanol–water partition coefficient (Wildman–Crippen LogP) is 2.96. The summed E-state index contributed by atoms with van der Waals surface area (Å²) in [6.45, 7) is 0. The Morgan fingerprint density at radius 2 is 1.94 bits per heavy atom. The van der Waals surface area contributed by atoms with E-state index in [0.29, 0.717) is 0 Å². The van der Waals surface area contributed by atoms with Crippen molar-refractivity contribution in [3.05, 3.63) is 15.6 Å². The van der Waals surface area contributed by atoms with Crippen LogP contribution in [0.25, 0.3) is 0 Å². The second-order valence-electron chi connectivity index (χ2n) is 5.04. The summed E-state index contributed by atoms with van der Waals surface area (Å²) in [4.78, 5) is 6.53. The molecule has 0 aromatic carbocycles. The van der Waals surface area contributed by atoms with Crippen molar-refractivity contribution in [1.82, 2.24) is 10.3 Å². The monoisotopic (exact) mass is 268 g/mol. The molecular weight excluding hydrogens is 248 g/mol. The van der Waals surface area contributed by atoms with Crippen LogP contribution in [0.5, 0.6) is 0 Å². The number of aryl methyl sites for hydroxylation is 2. The topological polar surface area (TPSA) is 24.9 Å². The maximum atomic E-state index is 4.96. The van der Waals surface area contributed by atoms with Crippen LogP contribution in [-0.4, -0.2) is 23.5 Å². The van der Waals surface area contributed by atoms with E-state index in [1.54, 1.807) is 4.88 Å². The quantitative estimate of drug-likeness (QED) is 0.892. The van der Waals surface area contributed by atoms with Crippen LogP contribution in [0.3, 0.4) is 0 Å². The molecule has 1 N–H and O–H groups in total. The Hall–Kier alpha value is -0.0600. The number of nitrogens with zero attached hydrogens (tertiary/aromatic N) is 1. The summed E-state index contributed by atoms with van der Waals surface area (Å²) >= 11 is 4.06. The van der Waals surface area contributed by atoms with Crippen molar-refractivity contribution < 1.29 is 0 Å². The zero-order valence-corrected chi connectivity index (χ0v) is 12.1. The van der Waals surface area contributed by atoms with Crippen LogP contribution in [0.1, 0.15) is 41.3 Å². The van der Waals surface area contributed by atoms with E-state index in [-0.39, 0.29) is 5.54 Å². The lowest BCUT2D eigenvalue weighted by molar-refractivity contribution is 0.331. The second kappa shape index (κ2) is 4.90. The lowest BCUT2D eigenvalue weighted by atomic mass is 9.93. The number of nitrogens with one attached hydrogen (secondary N) is 1. The maximum Gasteiger partial charge on any atom is 0.113 e. The van der Waals surface area contributed by atoms with Crippen molar-refractivity contribution in [1.29, 1.82) is 0 Å². The van der Waals surface area contributed by atoms with Gasteiger partial charge < -0.3 is 5.32 Å². The van der Waals surface area contributed by atoms with E-state index in [1.807, 2.05) is 11.3 Å². The van der Waals surface area contributed by atoms with Crippen molar-refractivity contribution in [3.63, 3.8) is 0 Å². The molecule has 1 aliphatic heterocycles. The van der Waals surface area contributed by atoms with Gasteiger partial charge in [0.05, 0.1) is 11.2 Å². The molecule has 0 atom stereocenters. The largest absolute Gasteiger partial charge is 0.308 e. The fourth-order valence-electron chi connectivity index (χ4n) is 2.85. The average Bonchev–Trinajstić information content (AvgIpc) is 2.84. The first-order valence-corrected chi connectivity index (χ1v) is 8.57. The minimum absolute atomic E-state index is 0.188. The number of fused-ring (bicyclic) bond motifs is 1. The van der Waals surface area contributed by atoms with Gasteiger partial charge in [0.2, 0.25) is 0 Å². The lowest BCUT2D eigenvalue weighted by Gasteiger charge is -2.35. The molecule has 0 spiro atoms. The molecule has 94 valence electrons. The first-order chi connectivity index (χ1) is 8.34. The smallest absolute Gasteiger partial charge is 0.113 e. The Labute approximate surface area is 112 Å². The van der Waals surface area contributed by atoms with E-state index < -0.39 is 0 Å². The predicted molar refractivity (Wildman–Crippen MR) is 76.1 cm³/mol. The molecular formula is C13H20N2S2. The highest BCUT2D eigenvalue weighted by Gasteiger charge is 2.36. The maximum absolute atomic E-state index is 4.96. The van der Waals surface area contributed by atoms with Gasteiger partial charge in [0, 0.05) is 4.88 Å². The Morgan fingerprint density at radius 1 is 1.18 bits per heavy atom. The normalized spacial score (nSPS) is 23.4. The average molecular weight is 268 g/mol. The Morgan fingerprint density at radius 3 is 2.65 bits per heavy atom. The molecule has 17 heavy (non-hydrogen) atoms. The Bertz CT molecular complexity index is 371. The molecule has 0 amide bonds. The summed E-state index contributed by atoms with van der Waals surface area (Å²) < 4.78 is 0. The molecule has 0 radical (unpaired) electrons. The van der Waals surface area contributed by atoms with Gasteiger partial charge >= 0.3 is 0 Å². The SMILES string of the molecule is CNC1(c2nc3c(s2)CCCC3)CCSCC1. The molecule has 1 aromatic heterocycles. The summed E-state index contributed by atoms with van der Waals surface area (Å²) in [5.41, 5.74) is 1.59. The molecule has 2 aliphatic rings. The van der Waals surface area contributed by atoms with Crippen molar-refractivity contribution in [2.24, 2.45) is 0 Å². The van der Waals surface area contributed by atoms with E-state index in [1.165, 1.54) is 60.7 Å². The van der Waals surface area contributed by atoms with E-state index >= 15 is 0 Å². The van der Waals surface area contributed by atoms with Gasteiger partial charge in [-0.3, -0.25) is 0 Å². The highest BCUT2D eigenvalue weighted by Crippen LogP contribution is 2.39. The summed E-state index contributed by atoms with van der Waals surface area (Å²) in [7, 11) is 2.11. The van der Waals surface area contributed by atoms with Crippen LogP contribution in [-0.2, 0) is 18.4 Å². The number of hydrogen-bond donors (Lipinski definition) is 1. The minimum Gasteiger partial charge on any atom is -0.308 e. The van der Waals surface area contributed by atoms with E-state index in [0.717, 1.165) is 0 Å². The standard InChI is InChI=1S/C13H20N2S2/c1-14-13(6-8-16-9-7-13)12-15-10-4-2-3-5-11(10)17-12/h14H,2-9H2,1H3. The number of rotatable bonds is 2. The van der Waals surface area contributed by atoms with Gasteiger partial charge in [-0.1, -0.05) is 0 Å². The molecule has 0 bridgehead atoms. The molecule has 4 heteroatoms. The van der Waals surface area contributed by atoms with Crippen LogP contribution in [0.15, 0.2) is 0 Å². The summed E-state index contributed by atoms with van der Waals surface area (Å²) in [6.07, 6.45) is 7.64. The van der Waals surface area contributed by atoms with Gasteiger partial charge in [-0.05, 0) is 57.1 Å². The van der Waals surface area contributed by atoms with Crippen molar-refractivity contribution in [2.45, 2.75) is 44.1 Å². The third-order valence-electron chi connectivity index (χ3n) is 4.08. The number of thioether (sulfide) groups is 1. The van der Waals surface area contributed by atoms with Gasteiger partial charge in [-0.25, -0.2) is 4.98 Å². The van der Waals surface area contributed by atoms with Crippen molar-refractivity contribution in [2.75, 3.05) is 18.6 Å². The molecule has 0 unspecified atom stereocenters. The molecule has 1 aliphatic carbocycles. The Balaban J connectivity index is 1.93. The van der Waals surface area contributed by atoms with Gasteiger partial charge in [0.1, 0.15) is 5.01 Å². The second-order valence-corrected chi connectivity index (χ2v) is 7.35. The van der Waals surface area contributed by atoms with Gasteiger partial charge in [0.25, 0.3) is 0 Å². The zero-order valence-electron chi connectivity index (χ0n) is 10.4. The number of hydrogen-bond acceptors (Lipinski definition) is 4. The first-order valence-electron chi connectivity index (χ1n) is 6.60. The van der Waals surface area contributed by atoms with Crippen LogP contribution < -0.4 is 5.32 Å². The van der Waals surface area contributed by atoms with Gasteiger partial charge in [0.15, 0.2) is 0 Å². The van der Waals surface area contributed by atoms with Crippen LogP contribution >= 0.6 is 23.1 Å². The van der Waals surface area contributed by atoms with E-state index in [9.17, 15) is 0 Å². The molecule has 1 aromatic rings. The first kappa shape index (κ1) is 12.0. The van der Waals surface area contributed by atoms with Gasteiger partial charge in [-0.15, -0.1) is 11.3 Å². The molecule has 2 nitrogen and oxygen atoms in total. The highest BCUT2D eigenvalue weighted by atomic mass is 32.2. The number of thiazole rings is 1. The molecule has 1 saturated heterocycles. The Kier molecular flexibility index (Phi) is 3.46. The molecule has 0 saturated carbocycles. The minimum atomic E-state index is 0.188. The lowest BCUT2D eigenvalue weighted by Crippen LogP contribution is -2.43. The molecule has 3 rings (SSSR count). The third-order valence-corrected chi connectivity index (χ3v) is 6.43. The fourth-order valence-corrected chi connectivity index (χ4v) is 5.44.